The lowest BCUT2D eigenvalue weighted by atomic mass is 10.2. The molecule has 3 nitrogen and oxygen atoms in total. The molecule has 0 aliphatic heterocycles. The minimum Gasteiger partial charge on any atom is -0.377 e. The van der Waals surface area contributed by atoms with Crippen LogP contribution in [0.2, 0.25) is 0 Å². The summed E-state index contributed by atoms with van der Waals surface area (Å²) in [6.45, 7) is -0.222. The Morgan fingerprint density at radius 2 is 2.17 bits per heavy atom. The van der Waals surface area contributed by atoms with E-state index in [9.17, 15) is 0 Å². The monoisotopic (exact) mass is 228 g/mol. The van der Waals surface area contributed by atoms with Gasteiger partial charge in [-0.1, -0.05) is 34.1 Å². The summed E-state index contributed by atoms with van der Waals surface area (Å²) in [5, 5.41) is 18.5. The van der Waals surface area contributed by atoms with Crippen molar-refractivity contribution in [3.63, 3.8) is 0 Å². The molecule has 0 amide bonds. The van der Waals surface area contributed by atoms with Gasteiger partial charge >= 0.3 is 0 Å². The van der Waals surface area contributed by atoms with Crippen LogP contribution < -0.4 is 5.32 Å². The van der Waals surface area contributed by atoms with Crippen molar-refractivity contribution in [2.45, 2.75) is 0 Å². The number of aliphatic hydroxyl groups is 1. The largest absolute Gasteiger partial charge is 0.377 e. The van der Waals surface area contributed by atoms with E-state index >= 15 is 0 Å². The number of hydrogen-bond donors (Lipinski definition) is 3. The lowest BCUT2D eigenvalue weighted by molar-refractivity contribution is 0.286. The van der Waals surface area contributed by atoms with Crippen LogP contribution in [0.3, 0.4) is 0 Å². The van der Waals surface area contributed by atoms with Gasteiger partial charge in [-0.3, -0.25) is 5.41 Å². The number of nitrogens with one attached hydrogen (secondary N) is 2. The van der Waals surface area contributed by atoms with Gasteiger partial charge in [0.2, 0.25) is 0 Å². The zero-order chi connectivity index (χ0) is 8.97. The summed E-state index contributed by atoms with van der Waals surface area (Å²) in [6.07, 6.45) is 0. The van der Waals surface area contributed by atoms with Crippen molar-refractivity contribution < 1.29 is 5.11 Å². The Morgan fingerprint density at radius 3 is 2.75 bits per heavy atom. The van der Waals surface area contributed by atoms with Crippen LogP contribution in [0.4, 0.5) is 0 Å². The summed E-state index contributed by atoms with van der Waals surface area (Å²) in [5.74, 6) is 0.213. The van der Waals surface area contributed by atoms with Crippen LogP contribution in [-0.4, -0.2) is 17.7 Å². The van der Waals surface area contributed by atoms with Crippen molar-refractivity contribution >= 4 is 21.8 Å². The van der Waals surface area contributed by atoms with Gasteiger partial charge in [0.05, 0.1) is 0 Å². The quantitative estimate of drug-likeness (QED) is 0.407. The van der Waals surface area contributed by atoms with Gasteiger partial charge in [-0.05, 0) is 6.07 Å². The third kappa shape index (κ3) is 2.06. The molecule has 0 saturated heterocycles. The van der Waals surface area contributed by atoms with E-state index in [1.165, 1.54) is 0 Å². The first-order valence-corrected chi connectivity index (χ1v) is 4.23. The van der Waals surface area contributed by atoms with E-state index in [-0.39, 0.29) is 12.6 Å². The number of amidine groups is 1. The molecule has 0 spiro atoms. The molecule has 0 saturated carbocycles. The second-order valence-electron chi connectivity index (χ2n) is 2.19. The van der Waals surface area contributed by atoms with E-state index in [4.69, 9.17) is 10.5 Å². The van der Waals surface area contributed by atoms with Gasteiger partial charge < -0.3 is 10.4 Å². The molecule has 12 heavy (non-hydrogen) atoms. The first-order chi connectivity index (χ1) is 5.75. The highest BCUT2D eigenvalue weighted by Gasteiger charge is 2.02. The van der Waals surface area contributed by atoms with Crippen molar-refractivity contribution in [1.82, 2.24) is 5.32 Å². The van der Waals surface area contributed by atoms with Crippen LogP contribution in [0.1, 0.15) is 5.56 Å². The van der Waals surface area contributed by atoms with E-state index in [2.05, 4.69) is 21.2 Å². The lowest BCUT2D eigenvalue weighted by Crippen LogP contribution is -2.24. The number of halogens is 1. The van der Waals surface area contributed by atoms with Crippen LogP contribution in [0.5, 0.6) is 0 Å². The second kappa shape index (κ2) is 4.23. The number of benzene rings is 1. The predicted octanol–water partition coefficient (Wildman–Crippen LogP) is 1.31. The molecule has 1 aromatic carbocycles. The first kappa shape index (κ1) is 9.22. The SMILES string of the molecule is N=C(NCO)c1ccccc1Br. The Hall–Kier alpha value is -0.870. The highest BCUT2D eigenvalue weighted by atomic mass is 79.9. The molecule has 0 unspecified atom stereocenters. The van der Waals surface area contributed by atoms with Crippen LogP contribution in [0.25, 0.3) is 0 Å². The molecule has 0 atom stereocenters. The van der Waals surface area contributed by atoms with Gasteiger partial charge in [-0.25, -0.2) is 0 Å². The molecule has 0 bridgehead atoms. The van der Waals surface area contributed by atoms with Gasteiger partial charge in [0.15, 0.2) is 0 Å². The van der Waals surface area contributed by atoms with Crippen LogP contribution >= 0.6 is 15.9 Å². The van der Waals surface area contributed by atoms with Crippen LogP contribution in [-0.2, 0) is 0 Å². The predicted molar refractivity (Wildman–Crippen MR) is 51.2 cm³/mol. The fourth-order valence-electron chi connectivity index (χ4n) is 0.838. The Labute approximate surface area is 79.1 Å². The maximum absolute atomic E-state index is 8.52. The molecule has 1 aromatic rings. The van der Waals surface area contributed by atoms with Crippen molar-refractivity contribution in [3.05, 3.63) is 34.3 Å². The van der Waals surface area contributed by atoms with Crippen LogP contribution in [0, 0.1) is 5.41 Å². The third-order valence-corrected chi connectivity index (χ3v) is 2.09. The van der Waals surface area contributed by atoms with Gasteiger partial charge in [-0.2, -0.15) is 0 Å². The Kier molecular flexibility index (Phi) is 3.25. The van der Waals surface area contributed by atoms with Crippen molar-refractivity contribution in [1.29, 1.82) is 5.41 Å². The van der Waals surface area contributed by atoms with E-state index < -0.39 is 0 Å². The minimum atomic E-state index is -0.222. The molecule has 0 radical (unpaired) electrons. The normalized spacial score (nSPS) is 9.50. The summed E-state index contributed by atoms with van der Waals surface area (Å²) >= 11 is 3.30. The van der Waals surface area contributed by atoms with E-state index in [1.807, 2.05) is 18.2 Å². The molecule has 4 heteroatoms. The molecule has 0 aliphatic carbocycles. The molecule has 1 rings (SSSR count). The van der Waals surface area contributed by atoms with Gasteiger partial charge in [0, 0.05) is 10.0 Å². The topological polar surface area (TPSA) is 56.1 Å². The maximum atomic E-state index is 8.52. The summed E-state index contributed by atoms with van der Waals surface area (Å²) in [7, 11) is 0. The highest BCUT2D eigenvalue weighted by Crippen LogP contribution is 2.14. The summed E-state index contributed by atoms with van der Waals surface area (Å²) < 4.78 is 0.843. The number of hydrogen-bond acceptors (Lipinski definition) is 2. The molecule has 0 fully saturated rings. The van der Waals surface area contributed by atoms with Gasteiger partial charge in [-0.15, -0.1) is 0 Å². The summed E-state index contributed by atoms with van der Waals surface area (Å²) in [5.41, 5.74) is 0.742. The molecular weight excluding hydrogens is 220 g/mol. The fraction of sp³-hybridized carbons (Fsp3) is 0.125. The molecule has 0 aliphatic rings. The van der Waals surface area contributed by atoms with E-state index in [1.54, 1.807) is 6.07 Å². The zero-order valence-electron chi connectivity index (χ0n) is 6.34. The molecule has 64 valence electrons. The average molecular weight is 229 g/mol. The van der Waals surface area contributed by atoms with Crippen molar-refractivity contribution in [2.75, 3.05) is 6.73 Å². The average Bonchev–Trinajstić information content (AvgIpc) is 2.05. The highest BCUT2D eigenvalue weighted by molar-refractivity contribution is 9.10. The standard InChI is InChI=1S/C8H9BrN2O/c9-7-4-2-1-3-6(7)8(10)11-5-12/h1-4,12H,5H2,(H2,10,11). The molecule has 0 aromatic heterocycles. The second-order valence-corrected chi connectivity index (χ2v) is 3.04. The smallest absolute Gasteiger partial charge is 0.128 e. The lowest BCUT2D eigenvalue weighted by Gasteiger charge is -2.05. The molecular formula is C8H9BrN2O. The third-order valence-electron chi connectivity index (χ3n) is 1.40. The Balaban J connectivity index is 2.87. The Bertz CT molecular complexity index is 288. The Morgan fingerprint density at radius 1 is 1.50 bits per heavy atom. The van der Waals surface area contributed by atoms with Crippen molar-refractivity contribution in [3.8, 4) is 0 Å². The van der Waals surface area contributed by atoms with Gasteiger partial charge in [0.1, 0.15) is 12.6 Å². The van der Waals surface area contributed by atoms with Crippen molar-refractivity contribution in [2.24, 2.45) is 0 Å². The minimum absolute atomic E-state index is 0.213. The summed E-state index contributed by atoms with van der Waals surface area (Å²) in [4.78, 5) is 0. The number of aliphatic hydroxyl groups excluding tert-OH is 1. The summed E-state index contributed by atoms with van der Waals surface area (Å²) in [6, 6.07) is 7.37. The van der Waals surface area contributed by atoms with Crippen LogP contribution in [0.15, 0.2) is 28.7 Å². The first-order valence-electron chi connectivity index (χ1n) is 3.44. The number of rotatable bonds is 2. The zero-order valence-corrected chi connectivity index (χ0v) is 7.93. The van der Waals surface area contributed by atoms with E-state index in [0.717, 1.165) is 10.0 Å². The van der Waals surface area contributed by atoms with E-state index in [0.29, 0.717) is 0 Å². The fourth-order valence-corrected chi connectivity index (χ4v) is 1.32. The maximum Gasteiger partial charge on any atom is 0.128 e. The molecule has 0 heterocycles. The molecule has 3 N–H and O–H groups in total. The van der Waals surface area contributed by atoms with Gasteiger partial charge in [0.25, 0.3) is 0 Å².